The highest BCUT2D eigenvalue weighted by molar-refractivity contribution is 6.08. The molecule has 23 heavy (non-hydrogen) atoms. The molecule has 0 bridgehead atoms. The van der Waals surface area contributed by atoms with E-state index < -0.39 is 11.9 Å². The van der Waals surface area contributed by atoms with E-state index in [0.29, 0.717) is 17.1 Å². The first kappa shape index (κ1) is 16.4. The number of carboxylic acid groups (broad SMARTS) is 1. The number of methoxy groups -OCH3 is 2. The van der Waals surface area contributed by atoms with Gasteiger partial charge in [-0.2, -0.15) is 0 Å². The summed E-state index contributed by atoms with van der Waals surface area (Å²) in [6.45, 7) is 1.78. The standard InChI is InChI=1S/C17H17NO5/c1-10-4-6-13(12(8-10)17(20)21)18-16(19)11-5-7-14(22-2)15(9-11)23-3/h4-9H,1-3H3,(H,18,19)(H,20,21). The van der Waals surface area contributed by atoms with Gasteiger partial charge in [0.05, 0.1) is 25.5 Å². The summed E-state index contributed by atoms with van der Waals surface area (Å²) in [7, 11) is 2.98. The Bertz CT molecular complexity index is 755. The molecule has 0 atom stereocenters. The van der Waals surface area contributed by atoms with Crippen LogP contribution in [0.1, 0.15) is 26.3 Å². The molecule has 2 aromatic rings. The number of carbonyl (C=O) groups is 2. The Morgan fingerprint density at radius 3 is 2.30 bits per heavy atom. The van der Waals surface area contributed by atoms with Crippen LogP contribution in [0.3, 0.4) is 0 Å². The fourth-order valence-corrected chi connectivity index (χ4v) is 2.12. The Morgan fingerprint density at radius 1 is 1.00 bits per heavy atom. The largest absolute Gasteiger partial charge is 0.493 e. The number of nitrogens with one attached hydrogen (secondary N) is 1. The third-order valence-electron chi connectivity index (χ3n) is 3.30. The van der Waals surface area contributed by atoms with Crippen LogP contribution in [0.4, 0.5) is 5.69 Å². The smallest absolute Gasteiger partial charge is 0.337 e. The minimum atomic E-state index is -1.10. The van der Waals surface area contributed by atoms with E-state index in [1.807, 2.05) is 0 Å². The van der Waals surface area contributed by atoms with Crippen LogP contribution in [0.5, 0.6) is 11.5 Å². The van der Waals surface area contributed by atoms with E-state index in [0.717, 1.165) is 5.56 Å². The van der Waals surface area contributed by atoms with E-state index in [2.05, 4.69) is 5.32 Å². The molecule has 0 aliphatic carbocycles. The number of ether oxygens (including phenoxy) is 2. The van der Waals surface area contributed by atoms with Crippen molar-refractivity contribution in [1.82, 2.24) is 0 Å². The molecule has 2 aromatic carbocycles. The monoisotopic (exact) mass is 315 g/mol. The molecule has 0 radical (unpaired) electrons. The normalized spacial score (nSPS) is 10.0. The number of rotatable bonds is 5. The van der Waals surface area contributed by atoms with Crippen molar-refractivity contribution in [1.29, 1.82) is 0 Å². The highest BCUT2D eigenvalue weighted by Crippen LogP contribution is 2.28. The highest BCUT2D eigenvalue weighted by Gasteiger charge is 2.15. The number of anilines is 1. The van der Waals surface area contributed by atoms with Gasteiger partial charge in [0.2, 0.25) is 0 Å². The van der Waals surface area contributed by atoms with Gasteiger partial charge >= 0.3 is 5.97 Å². The quantitative estimate of drug-likeness (QED) is 0.886. The van der Waals surface area contributed by atoms with E-state index in [1.54, 1.807) is 31.2 Å². The van der Waals surface area contributed by atoms with Gasteiger partial charge in [0.1, 0.15) is 0 Å². The minimum Gasteiger partial charge on any atom is -0.493 e. The number of hydrogen-bond acceptors (Lipinski definition) is 4. The van der Waals surface area contributed by atoms with Gasteiger partial charge < -0.3 is 19.9 Å². The molecule has 0 spiro atoms. The number of aromatic carboxylic acids is 1. The lowest BCUT2D eigenvalue weighted by Crippen LogP contribution is -2.15. The molecule has 0 unspecified atom stereocenters. The molecule has 0 heterocycles. The Kier molecular flexibility index (Phi) is 4.85. The highest BCUT2D eigenvalue weighted by atomic mass is 16.5. The van der Waals surface area contributed by atoms with Crippen LogP contribution >= 0.6 is 0 Å². The molecule has 2 rings (SSSR count). The molecular formula is C17H17NO5. The van der Waals surface area contributed by atoms with Crippen LogP contribution in [-0.2, 0) is 0 Å². The molecule has 6 nitrogen and oxygen atoms in total. The molecule has 0 aliphatic rings. The first-order chi connectivity index (χ1) is 11.0. The predicted octanol–water partition coefficient (Wildman–Crippen LogP) is 2.96. The van der Waals surface area contributed by atoms with Crippen molar-refractivity contribution < 1.29 is 24.2 Å². The second-order valence-electron chi connectivity index (χ2n) is 4.88. The Morgan fingerprint density at radius 2 is 1.70 bits per heavy atom. The van der Waals surface area contributed by atoms with E-state index in [-0.39, 0.29) is 11.3 Å². The number of amides is 1. The molecule has 2 N–H and O–H groups in total. The third kappa shape index (κ3) is 3.60. The van der Waals surface area contributed by atoms with Crippen LogP contribution in [0.15, 0.2) is 36.4 Å². The Labute approximate surface area is 133 Å². The average Bonchev–Trinajstić information content (AvgIpc) is 2.55. The van der Waals surface area contributed by atoms with E-state index in [9.17, 15) is 14.7 Å². The van der Waals surface area contributed by atoms with Crippen molar-refractivity contribution in [3.63, 3.8) is 0 Å². The zero-order chi connectivity index (χ0) is 17.0. The van der Waals surface area contributed by atoms with Gasteiger partial charge in [-0.1, -0.05) is 11.6 Å². The zero-order valence-corrected chi connectivity index (χ0v) is 13.0. The molecule has 0 aliphatic heterocycles. The van der Waals surface area contributed by atoms with Crippen LogP contribution in [0.2, 0.25) is 0 Å². The lowest BCUT2D eigenvalue weighted by atomic mass is 10.1. The van der Waals surface area contributed by atoms with Gasteiger partial charge in [0, 0.05) is 5.56 Å². The van der Waals surface area contributed by atoms with Crippen LogP contribution < -0.4 is 14.8 Å². The minimum absolute atomic E-state index is 0.0406. The number of hydrogen-bond donors (Lipinski definition) is 2. The van der Waals surface area contributed by atoms with Crippen molar-refractivity contribution in [3.8, 4) is 11.5 Å². The van der Waals surface area contributed by atoms with Crippen molar-refractivity contribution in [2.45, 2.75) is 6.92 Å². The molecule has 0 saturated carbocycles. The molecule has 120 valence electrons. The summed E-state index contributed by atoms with van der Waals surface area (Å²) in [5.74, 6) is -0.609. The maximum Gasteiger partial charge on any atom is 0.337 e. The summed E-state index contributed by atoms with van der Waals surface area (Å²) in [4.78, 5) is 23.6. The van der Waals surface area contributed by atoms with Crippen LogP contribution in [0, 0.1) is 6.92 Å². The Hall–Kier alpha value is -3.02. The number of benzene rings is 2. The summed E-state index contributed by atoms with van der Waals surface area (Å²) in [6, 6.07) is 9.52. The van der Waals surface area contributed by atoms with Gasteiger partial charge in [-0.15, -0.1) is 0 Å². The SMILES string of the molecule is COc1ccc(C(=O)Nc2ccc(C)cc2C(=O)O)cc1OC. The number of carbonyl (C=O) groups excluding carboxylic acids is 1. The van der Waals surface area contributed by atoms with Gasteiger partial charge in [-0.25, -0.2) is 4.79 Å². The second-order valence-corrected chi connectivity index (χ2v) is 4.88. The molecule has 1 amide bonds. The first-order valence-corrected chi connectivity index (χ1v) is 6.83. The van der Waals surface area contributed by atoms with Crippen molar-refractivity contribution in [2.75, 3.05) is 19.5 Å². The first-order valence-electron chi connectivity index (χ1n) is 6.83. The van der Waals surface area contributed by atoms with Crippen LogP contribution in [-0.4, -0.2) is 31.2 Å². The van der Waals surface area contributed by atoms with E-state index >= 15 is 0 Å². The second kappa shape index (κ2) is 6.83. The fraction of sp³-hybridized carbons (Fsp3) is 0.176. The van der Waals surface area contributed by atoms with Crippen molar-refractivity contribution in [2.24, 2.45) is 0 Å². The predicted molar refractivity (Wildman–Crippen MR) is 85.6 cm³/mol. The zero-order valence-electron chi connectivity index (χ0n) is 13.0. The summed E-state index contributed by atoms with van der Waals surface area (Å²) < 4.78 is 10.3. The van der Waals surface area contributed by atoms with Crippen molar-refractivity contribution >= 4 is 17.6 Å². The lowest BCUT2D eigenvalue weighted by molar-refractivity contribution is 0.0698. The lowest BCUT2D eigenvalue weighted by Gasteiger charge is -2.11. The third-order valence-corrected chi connectivity index (χ3v) is 3.30. The van der Waals surface area contributed by atoms with E-state index in [4.69, 9.17) is 9.47 Å². The molecule has 0 aromatic heterocycles. The molecule has 0 saturated heterocycles. The van der Waals surface area contributed by atoms with Crippen LogP contribution in [0.25, 0.3) is 0 Å². The Balaban J connectivity index is 2.31. The van der Waals surface area contributed by atoms with E-state index in [1.165, 1.54) is 26.4 Å². The van der Waals surface area contributed by atoms with Gasteiger partial charge in [0.15, 0.2) is 11.5 Å². The topological polar surface area (TPSA) is 84.9 Å². The number of carboxylic acids is 1. The van der Waals surface area contributed by atoms with Crippen molar-refractivity contribution in [3.05, 3.63) is 53.1 Å². The van der Waals surface area contributed by atoms with Gasteiger partial charge in [0.25, 0.3) is 5.91 Å². The maximum atomic E-state index is 12.3. The van der Waals surface area contributed by atoms with Gasteiger partial charge in [-0.05, 0) is 37.3 Å². The number of aryl methyl sites for hydroxylation is 1. The summed E-state index contributed by atoms with van der Waals surface area (Å²) in [5, 5.41) is 11.8. The average molecular weight is 315 g/mol. The maximum absolute atomic E-state index is 12.3. The molecule has 6 heteroatoms. The molecular weight excluding hydrogens is 298 g/mol. The fourth-order valence-electron chi connectivity index (χ4n) is 2.12. The molecule has 0 fully saturated rings. The summed E-state index contributed by atoms with van der Waals surface area (Å²) in [6.07, 6.45) is 0. The summed E-state index contributed by atoms with van der Waals surface area (Å²) >= 11 is 0. The summed E-state index contributed by atoms with van der Waals surface area (Å²) in [5.41, 5.74) is 1.41. The van der Waals surface area contributed by atoms with Gasteiger partial charge in [-0.3, -0.25) is 4.79 Å².